The fourth-order valence-corrected chi connectivity index (χ4v) is 5.22. The fraction of sp³-hybridized carbons (Fsp3) is 0.417. The van der Waals surface area contributed by atoms with E-state index in [4.69, 9.17) is 10.1 Å². The number of fused-ring (bicyclic) bond motifs is 2. The monoisotopic (exact) mass is 445 g/mol. The van der Waals surface area contributed by atoms with E-state index in [0.29, 0.717) is 18.7 Å². The number of aliphatic hydroxyl groups excluding tert-OH is 1. The Labute approximate surface area is 191 Å². The van der Waals surface area contributed by atoms with Gasteiger partial charge in [-0.05, 0) is 38.7 Å². The largest absolute Gasteiger partial charge is 0.391 e. The lowest BCUT2D eigenvalue weighted by Crippen LogP contribution is -2.38. The van der Waals surface area contributed by atoms with Gasteiger partial charge in [0, 0.05) is 42.8 Å². The molecule has 9 heteroatoms. The van der Waals surface area contributed by atoms with Gasteiger partial charge in [-0.1, -0.05) is 12.1 Å². The number of rotatable bonds is 3. The minimum absolute atomic E-state index is 0.00230. The summed E-state index contributed by atoms with van der Waals surface area (Å²) in [5.74, 6) is 0.899. The lowest BCUT2D eigenvalue weighted by atomic mass is 9.98. The molecule has 33 heavy (non-hydrogen) atoms. The normalized spacial score (nSPS) is 21.4. The predicted molar refractivity (Wildman–Crippen MR) is 124 cm³/mol. The lowest BCUT2D eigenvalue weighted by Gasteiger charge is -2.34. The van der Waals surface area contributed by atoms with E-state index in [-0.39, 0.29) is 18.1 Å². The van der Waals surface area contributed by atoms with Crippen LogP contribution in [0.3, 0.4) is 0 Å². The van der Waals surface area contributed by atoms with Gasteiger partial charge in [0.15, 0.2) is 5.65 Å². The first-order chi connectivity index (χ1) is 16.1. The number of H-pyrrole nitrogens is 1. The maximum atomic E-state index is 13.6. The number of aromatic amines is 1. The van der Waals surface area contributed by atoms with Gasteiger partial charge in [0.25, 0.3) is 5.91 Å². The minimum atomic E-state index is -0.302. The number of carbonyl (C=O) groups is 1. The number of nitrogens with zero attached hydrogens (tertiary/aromatic N) is 6. The summed E-state index contributed by atoms with van der Waals surface area (Å²) < 4.78 is 1.81. The number of nitrogens with one attached hydrogen (secondary N) is 1. The number of likely N-dealkylation sites (tertiary alicyclic amines) is 1. The highest BCUT2D eigenvalue weighted by Crippen LogP contribution is 2.33. The zero-order chi connectivity index (χ0) is 22.5. The molecule has 9 nitrogen and oxygen atoms in total. The van der Waals surface area contributed by atoms with Gasteiger partial charge in [0.1, 0.15) is 5.82 Å². The van der Waals surface area contributed by atoms with Gasteiger partial charge in [-0.25, -0.2) is 9.50 Å². The average molecular weight is 446 g/mol. The van der Waals surface area contributed by atoms with Crippen LogP contribution in [0.15, 0.2) is 36.7 Å². The lowest BCUT2D eigenvalue weighted by molar-refractivity contribution is 0.0607. The highest BCUT2D eigenvalue weighted by Gasteiger charge is 2.32. The number of para-hydroxylation sites is 1. The third kappa shape index (κ3) is 3.43. The van der Waals surface area contributed by atoms with Gasteiger partial charge in [0.05, 0.1) is 35.1 Å². The van der Waals surface area contributed by atoms with Crippen LogP contribution in [-0.4, -0.2) is 66.4 Å². The summed E-state index contributed by atoms with van der Waals surface area (Å²) in [6.45, 7) is 4.13. The van der Waals surface area contributed by atoms with Crippen molar-refractivity contribution < 1.29 is 9.90 Å². The van der Waals surface area contributed by atoms with E-state index in [0.717, 1.165) is 65.9 Å². The van der Waals surface area contributed by atoms with Gasteiger partial charge >= 0.3 is 0 Å². The molecule has 2 unspecified atom stereocenters. The molecule has 3 aromatic heterocycles. The number of amides is 1. The SMILES string of the molecule is Cc1cn2nc(C3CCCCN3C(=O)c3cccc4cn[nH]c34)cc2nc1N1CCC(O)C1. The number of hydrogen-bond donors (Lipinski definition) is 2. The molecule has 0 spiro atoms. The molecule has 0 radical (unpaired) electrons. The highest BCUT2D eigenvalue weighted by molar-refractivity contribution is 6.05. The van der Waals surface area contributed by atoms with E-state index in [1.165, 1.54) is 0 Å². The zero-order valence-electron chi connectivity index (χ0n) is 18.6. The number of aliphatic hydroxyl groups is 1. The van der Waals surface area contributed by atoms with Crippen LogP contribution < -0.4 is 4.90 Å². The Morgan fingerprint density at radius 3 is 2.97 bits per heavy atom. The van der Waals surface area contributed by atoms with Crippen LogP contribution in [0.1, 0.15) is 53.3 Å². The Kier molecular flexibility index (Phi) is 4.79. The maximum absolute atomic E-state index is 13.6. The Balaban J connectivity index is 1.35. The van der Waals surface area contributed by atoms with E-state index in [1.54, 1.807) is 6.20 Å². The summed E-state index contributed by atoms with van der Waals surface area (Å²) in [6, 6.07) is 7.63. The number of piperidine rings is 1. The van der Waals surface area contributed by atoms with Gasteiger partial charge in [-0.2, -0.15) is 10.2 Å². The first-order valence-electron chi connectivity index (χ1n) is 11.6. The second-order valence-electron chi connectivity index (χ2n) is 9.16. The van der Waals surface area contributed by atoms with E-state index in [9.17, 15) is 9.90 Å². The number of hydrogen-bond acceptors (Lipinski definition) is 6. The Bertz CT molecular complexity index is 1340. The van der Waals surface area contributed by atoms with E-state index >= 15 is 0 Å². The molecule has 2 aliphatic rings. The molecule has 2 fully saturated rings. The van der Waals surface area contributed by atoms with Crippen molar-refractivity contribution in [2.24, 2.45) is 0 Å². The molecule has 0 bridgehead atoms. The molecule has 5 heterocycles. The molecule has 2 saturated heterocycles. The summed E-state index contributed by atoms with van der Waals surface area (Å²) >= 11 is 0. The van der Waals surface area contributed by atoms with Crippen molar-refractivity contribution in [2.45, 2.75) is 44.8 Å². The van der Waals surface area contributed by atoms with Crippen molar-refractivity contribution in [2.75, 3.05) is 24.5 Å². The number of benzene rings is 1. The van der Waals surface area contributed by atoms with Crippen molar-refractivity contribution in [1.82, 2.24) is 29.7 Å². The molecule has 2 atom stereocenters. The number of aryl methyl sites for hydroxylation is 1. The first-order valence-corrected chi connectivity index (χ1v) is 11.6. The Morgan fingerprint density at radius 1 is 1.21 bits per heavy atom. The van der Waals surface area contributed by atoms with Gasteiger partial charge in [0.2, 0.25) is 0 Å². The van der Waals surface area contributed by atoms with Crippen molar-refractivity contribution in [3.05, 3.63) is 53.5 Å². The number of β-amino-alcohol motifs (C(OH)–C–C–N with tert-alkyl or cyclic N) is 1. The molecule has 4 aromatic rings. The average Bonchev–Trinajstić information content (AvgIpc) is 3.57. The number of aromatic nitrogens is 5. The molecular weight excluding hydrogens is 418 g/mol. The van der Waals surface area contributed by atoms with Gasteiger partial charge in [-0.3, -0.25) is 9.89 Å². The van der Waals surface area contributed by atoms with E-state index in [2.05, 4.69) is 15.1 Å². The first kappa shape index (κ1) is 20.2. The minimum Gasteiger partial charge on any atom is -0.391 e. The molecule has 0 aliphatic carbocycles. The van der Waals surface area contributed by atoms with Crippen LogP contribution in [0.4, 0.5) is 5.82 Å². The van der Waals surface area contributed by atoms with Crippen molar-refractivity contribution in [3.63, 3.8) is 0 Å². The molecule has 6 rings (SSSR count). The smallest absolute Gasteiger partial charge is 0.256 e. The summed E-state index contributed by atoms with van der Waals surface area (Å²) in [5, 5.41) is 22.8. The third-order valence-electron chi connectivity index (χ3n) is 6.90. The van der Waals surface area contributed by atoms with Crippen LogP contribution in [0.25, 0.3) is 16.6 Å². The fourth-order valence-electron chi connectivity index (χ4n) is 5.22. The molecule has 2 aliphatic heterocycles. The van der Waals surface area contributed by atoms with Crippen molar-refractivity contribution in [3.8, 4) is 0 Å². The highest BCUT2D eigenvalue weighted by atomic mass is 16.3. The third-order valence-corrected chi connectivity index (χ3v) is 6.90. The quantitative estimate of drug-likeness (QED) is 0.503. The summed E-state index contributed by atoms with van der Waals surface area (Å²) in [5.41, 5.74) is 4.07. The number of anilines is 1. The second-order valence-corrected chi connectivity index (χ2v) is 9.16. The van der Waals surface area contributed by atoms with Crippen LogP contribution in [0, 0.1) is 6.92 Å². The molecule has 1 amide bonds. The van der Waals surface area contributed by atoms with Crippen LogP contribution in [0.5, 0.6) is 0 Å². The Hall–Kier alpha value is -3.46. The van der Waals surface area contributed by atoms with Gasteiger partial charge in [-0.15, -0.1) is 0 Å². The maximum Gasteiger partial charge on any atom is 0.256 e. The van der Waals surface area contributed by atoms with Crippen LogP contribution >= 0.6 is 0 Å². The molecule has 2 N–H and O–H groups in total. The van der Waals surface area contributed by atoms with Gasteiger partial charge < -0.3 is 14.9 Å². The molecular formula is C24H27N7O2. The Morgan fingerprint density at radius 2 is 2.12 bits per heavy atom. The van der Waals surface area contributed by atoms with E-state index < -0.39 is 0 Å². The summed E-state index contributed by atoms with van der Waals surface area (Å²) in [7, 11) is 0. The second kappa shape index (κ2) is 7.84. The molecule has 0 saturated carbocycles. The standard InChI is InChI=1S/C24H27N7O2/c1-15-13-31-21(26-23(15)29-10-8-17(32)14-29)11-19(28-31)20-7-2-3-9-30(20)24(33)18-6-4-5-16-12-25-27-22(16)18/h4-6,11-13,17,20,32H,2-3,7-10,14H2,1H3,(H,25,27). The van der Waals surface area contributed by atoms with Crippen LogP contribution in [-0.2, 0) is 0 Å². The van der Waals surface area contributed by atoms with Crippen LogP contribution in [0.2, 0.25) is 0 Å². The molecule has 1 aromatic carbocycles. The van der Waals surface area contributed by atoms with E-state index in [1.807, 2.05) is 46.8 Å². The molecule has 170 valence electrons. The summed E-state index contributed by atoms with van der Waals surface area (Å²) in [6.07, 6.45) is 7.11. The predicted octanol–water partition coefficient (Wildman–Crippen LogP) is 2.85. The van der Waals surface area contributed by atoms with Crippen molar-refractivity contribution in [1.29, 1.82) is 0 Å². The topological polar surface area (TPSA) is 103 Å². The van der Waals surface area contributed by atoms with Crippen molar-refractivity contribution >= 4 is 28.3 Å². The zero-order valence-corrected chi connectivity index (χ0v) is 18.6. The summed E-state index contributed by atoms with van der Waals surface area (Å²) in [4.78, 5) is 22.6. The number of carbonyl (C=O) groups excluding carboxylic acids is 1.